The van der Waals surface area contributed by atoms with Gasteiger partial charge in [0.05, 0.1) is 24.9 Å². The molecule has 1 aromatic carbocycles. The van der Waals surface area contributed by atoms with E-state index in [2.05, 4.69) is 34.0 Å². The van der Waals surface area contributed by atoms with Gasteiger partial charge < -0.3 is 41.2 Å². The van der Waals surface area contributed by atoms with E-state index in [-0.39, 0.29) is 29.5 Å². The van der Waals surface area contributed by atoms with Crippen molar-refractivity contribution in [3.8, 4) is 23.3 Å². The minimum Gasteiger partial charge on any atom is -0.668 e. The van der Waals surface area contributed by atoms with Crippen LogP contribution in [0.4, 0.5) is 5.82 Å². The Morgan fingerprint density at radius 1 is 1.15 bits per heavy atom. The Balaban J connectivity index is 1.35. The van der Waals surface area contributed by atoms with Crippen LogP contribution in [0.1, 0.15) is 81.5 Å². The molecule has 9 heteroatoms. The van der Waals surface area contributed by atoms with Crippen LogP contribution in [0, 0.1) is 23.7 Å². The van der Waals surface area contributed by atoms with Gasteiger partial charge in [0, 0.05) is 37.0 Å². The van der Waals surface area contributed by atoms with Crippen LogP contribution in [-0.4, -0.2) is 62.9 Å². The first-order valence-corrected chi connectivity index (χ1v) is 16.7. The van der Waals surface area contributed by atoms with Gasteiger partial charge in [-0.2, -0.15) is 11.9 Å². The number of phenolic OH excluding ortho intramolecular Hbond substituents is 1. The molecule has 3 aromatic rings. The summed E-state index contributed by atoms with van der Waals surface area (Å²) in [6.45, 7) is 4.77. The van der Waals surface area contributed by atoms with Crippen molar-refractivity contribution in [3.05, 3.63) is 71.7 Å². The topological polar surface area (TPSA) is 155 Å². The second-order valence-corrected chi connectivity index (χ2v) is 12.7. The number of nitrogens with two attached hydrogens (primary N) is 1. The summed E-state index contributed by atoms with van der Waals surface area (Å²) in [5.41, 5.74) is 8.95. The average molecular weight is 632 g/mol. The predicted molar refractivity (Wildman–Crippen MR) is 180 cm³/mol. The molecule has 0 fully saturated rings. The van der Waals surface area contributed by atoms with Crippen molar-refractivity contribution >= 4 is 5.82 Å². The van der Waals surface area contributed by atoms with E-state index >= 15 is 0 Å². The molecular weight excluding hydrogens is 580 g/mol. The van der Waals surface area contributed by atoms with E-state index in [1.807, 2.05) is 36.4 Å². The van der Waals surface area contributed by atoms with Crippen molar-refractivity contribution in [1.29, 1.82) is 0 Å². The van der Waals surface area contributed by atoms with Crippen LogP contribution >= 0.6 is 0 Å². The van der Waals surface area contributed by atoms with Gasteiger partial charge in [0.25, 0.3) is 0 Å². The average Bonchev–Trinajstić information content (AvgIpc) is 3.56. The molecule has 0 amide bonds. The Hall–Kier alpha value is -3.55. The molecule has 0 aliphatic heterocycles. The zero-order valence-corrected chi connectivity index (χ0v) is 27.2. The first-order chi connectivity index (χ1) is 22.2. The van der Waals surface area contributed by atoms with Gasteiger partial charge in [-0.05, 0) is 99.6 Å². The van der Waals surface area contributed by atoms with E-state index in [9.17, 15) is 20.4 Å². The van der Waals surface area contributed by atoms with Crippen molar-refractivity contribution < 1.29 is 25.2 Å². The lowest BCUT2D eigenvalue weighted by molar-refractivity contribution is 0.00428. The van der Waals surface area contributed by atoms with Crippen LogP contribution in [0.15, 0.2) is 54.9 Å². The summed E-state index contributed by atoms with van der Waals surface area (Å²) >= 11 is 0. The largest absolute Gasteiger partial charge is 0.668 e. The first kappa shape index (κ1) is 35.3. The number of nitrogen functional groups attached to an aromatic ring is 1. The van der Waals surface area contributed by atoms with Crippen molar-refractivity contribution in [1.82, 2.24) is 15.3 Å². The maximum atomic E-state index is 11.2. The van der Waals surface area contributed by atoms with Crippen LogP contribution < -0.4 is 20.8 Å². The number of aryl methyl sites for hydroxylation is 1. The van der Waals surface area contributed by atoms with Gasteiger partial charge in [-0.25, -0.2) is 4.98 Å². The normalized spacial score (nSPS) is 22.3. The molecule has 0 radical (unpaired) electrons. The van der Waals surface area contributed by atoms with Gasteiger partial charge in [-0.3, -0.25) is 0 Å². The van der Waals surface area contributed by atoms with Crippen LogP contribution in [-0.2, 0) is 12.8 Å². The third-order valence-corrected chi connectivity index (χ3v) is 9.03. The molecule has 2 heterocycles. The number of nitrogens with one attached hydrogen (secondary N) is 1. The molecule has 4 rings (SSSR count). The molecule has 7 unspecified atom stereocenters. The van der Waals surface area contributed by atoms with Crippen molar-refractivity contribution in [2.24, 2.45) is 11.8 Å². The Morgan fingerprint density at radius 3 is 2.74 bits per heavy atom. The fourth-order valence-corrected chi connectivity index (χ4v) is 6.23. The molecule has 7 atom stereocenters. The number of aromatic nitrogens is 2. The summed E-state index contributed by atoms with van der Waals surface area (Å²) in [6, 6.07) is 13.2. The van der Waals surface area contributed by atoms with Crippen molar-refractivity contribution in [3.63, 3.8) is 0 Å². The number of ether oxygens (including phenoxy) is 1. The van der Waals surface area contributed by atoms with Gasteiger partial charge in [-0.15, -0.1) is 5.92 Å². The maximum absolute atomic E-state index is 11.2. The number of anilines is 1. The summed E-state index contributed by atoms with van der Waals surface area (Å²) in [5, 5.41) is 46.0. The number of benzene rings is 1. The molecule has 0 spiro atoms. The third kappa shape index (κ3) is 11.1. The van der Waals surface area contributed by atoms with E-state index in [1.165, 1.54) is 0 Å². The molecule has 9 nitrogen and oxygen atoms in total. The van der Waals surface area contributed by atoms with Crippen molar-refractivity contribution in [2.45, 2.75) is 102 Å². The zero-order chi connectivity index (χ0) is 32.9. The zero-order valence-electron chi connectivity index (χ0n) is 27.2. The molecule has 250 valence electrons. The quantitative estimate of drug-likeness (QED) is 0.134. The fourth-order valence-electron chi connectivity index (χ4n) is 6.23. The first-order valence-electron chi connectivity index (χ1n) is 16.7. The Labute approximate surface area is 273 Å². The van der Waals surface area contributed by atoms with Crippen LogP contribution in [0.25, 0.3) is 0 Å². The lowest BCUT2D eigenvalue weighted by atomic mass is 9.84. The number of aromatic hydroxyl groups is 1. The number of hydrogen-bond donors (Lipinski definition) is 6. The van der Waals surface area contributed by atoms with Gasteiger partial charge in [0.15, 0.2) is 11.5 Å². The van der Waals surface area contributed by atoms with E-state index in [0.717, 1.165) is 42.5 Å². The van der Waals surface area contributed by atoms with Crippen molar-refractivity contribution in [2.75, 3.05) is 18.9 Å². The lowest BCUT2D eigenvalue weighted by Crippen LogP contribution is -2.38. The minimum absolute atomic E-state index is 0.0639. The van der Waals surface area contributed by atoms with E-state index < -0.39 is 18.3 Å². The molecule has 0 saturated carbocycles. The van der Waals surface area contributed by atoms with Crippen LogP contribution in [0.2, 0.25) is 0 Å². The standard InChI is InChI=1S/C37H51N4O5/c1-3-26-6-4-8-32(34(44)14-11-31(20-26)41-24-25(2)42)33(43)12-9-27-10-13-35(45)36(21-27)46-19-16-29(22-30-7-5-17-39-30)28-15-18-40-37(38)23-28/h5,7,10,13,15,17-18,21,23,25-26,29,31-34,41-45H,3,8-9,11-12,14,16,19-20,22,24H2,1-2H3,(H2,38,40)/q-1. The fraction of sp³-hybridized carbons (Fsp3) is 0.541. The molecule has 0 saturated heterocycles. The second-order valence-electron chi connectivity index (χ2n) is 12.7. The number of pyridine rings is 1. The lowest BCUT2D eigenvalue weighted by Gasteiger charge is -2.30. The Bertz CT molecular complexity index is 1390. The number of nitrogens with zero attached hydrogens (tertiary/aromatic N) is 2. The van der Waals surface area contributed by atoms with Gasteiger partial charge in [0.1, 0.15) is 5.82 Å². The van der Waals surface area contributed by atoms with E-state index in [4.69, 9.17) is 10.5 Å². The summed E-state index contributed by atoms with van der Waals surface area (Å²) in [5.74, 6) is 7.56. The summed E-state index contributed by atoms with van der Waals surface area (Å²) in [7, 11) is 0. The number of rotatable bonds is 15. The molecule has 0 bridgehead atoms. The summed E-state index contributed by atoms with van der Waals surface area (Å²) in [6.07, 6.45) is 7.66. The minimum atomic E-state index is -0.732. The molecule has 46 heavy (non-hydrogen) atoms. The summed E-state index contributed by atoms with van der Waals surface area (Å²) < 4.78 is 6.08. The molecule has 1 aliphatic rings. The third-order valence-electron chi connectivity index (χ3n) is 9.03. The van der Waals surface area contributed by atoms with E-state index in [0.29, 0.717) is 56.8 Å². The molecule has 1 aliphatic carbocycles. The Morgan fingerprint density at radius 2 is 2.00 bits per heavy atom. The molecule has 7 N–H and O–H groups in total. The van der Waals surface area contributed by atoms with E-state index in [1.54, 1.807) is 25.4 Å². The van der Waals surface area contributed by atoms with Gasteiger partial charge >= 0.3 is 0 Å². The predicted octanol–water partition coefficient (Wildman–Crippen LogP) is 4.34. The Kier molecular flexibility index (Phi) is 13.8. The highest BCUT2D eigenvalue weighted by Gasteiger charge is 2.28. The number of aliphatic hydroxyl groups is 3. The number of aliphatic hydroxyl groups excluding tert-OH is 3. The van der Waals surface area contributed by atoms with Gasteiger partial charge in [-0.1, -0.05) is 31.0 Å². The monoisotopic (exact) mass is 631 g/mol. The second kappa shape index (κ2) is 18.0. The van der Waals surface area contributed by atoms with Crippen LogP contribution in [0.3, 0.4) is 0 Å². The highest BCUT2D eigenvalue weighted by molar-refractivity contribution is 5.42. The number of phenols is 1. The summed E-state index contributed by atoms with van der Waals surface area (Å²) in [4.78, 5) is 8.55. The SMILES string of the molecule is CCC1C#CCC(C(O)CCc2ccc(O)c(OCCC(Cc3ccc[n-]3)c3ccnc(N)c3)c2)C(O)CCC(NCC(C)O)C1. The van der Waals surface area contributed by atoms with Crippen LogP contribution in [0.5, 0.6) is 11.5 Å². The maximum Gasteiger partial charge on any atom is 0.161 e. The highest BCUT2D eigenvalue weighted by Crippen LogP contribution is 2.31. The smallest absolute Gasteiger partial charge is 0.161 e. The molecular formula is C37H51N4O5-. The highest BCUT2D eigenvalue weighted by atomic mass is 16.5. The molecule has 2 aromatic heterocycles. The number of hydrogen-bond acceptors (Lipinski definition) is 8. The van der Waals surface area contributed by atoms with Gasteiger partial charge in [0.2, 0.25) is 0 Å².